The van der Waals surface area contributed by atoms with Crippen molar-refractivity contribution in [1.29, 1.82) is 0 Å². The maximum absolute atomic E-state index is 12.0. The van der Waals surface area contributed by atoms with Gasteiger partial charge in [-0.05, 0) is 19.8 Å². The van der Waals surface area contributed by atoms with Crippen LogP contribution in [0.4, 0.5) is 0 Å². The van der Waals surface area contributed by atoms with Gasteiger partial charge in [-0.2, -0.15) is 0 Å². The SMILES string of the molecule is Cc1oc(-c2ccccc2)c2c1CCCC2=O. The van der Waals surface area contributed by atoms with E-state index in [-0.39, 0.29) is 5.78 Å². The summed E-state index contributed by atoms with van der Waals surface area (Å²) in [4.78, 5) is 12.0. The molecule has 1 heterocycles. The smallest absolute Gasteiger partial charge is 0.167 e. The largest absolute Gasteiger partial charge is 0.460 e. The molecule has 2 aromatic rings. The van der Waals surface area contributed by atoms with Gasteiger partial charge in [0.1, 0.15) is 11.5 Å². The van der Waals surface area contributed by atoms with Gasteiger partial charge in [0.05, 0.1) is 5.56 Å². The zero-order chi connectivity index (χ0) is 11.8. The molecule has 0 atom stereocenters. The van der Waals surface area contributed by atoms with Crippen molar-refractivity contribution < 1.29 is 9.21 Å². The highest BCUT2D eigenvalue weighted by molar-refractivity contribution is 6.03. The van der Waals surface area contributed by atoms with Crippen LogP contribution in [-0.2, 0) is 6.42 Å². The van der Waals surface area contributed by atoms with Gasteiger partial charge in [-0.1, -0.05) is 30.3 Å². The number of rotatable bonds is 1. The summed E-state index contributed by atoms with van der Waals surface area (Å²) in [7, 11) is 0. The molecule has 0 fully saturated rings. The first-order chi connectivity index (χ1) is 8.27. The van der Waals surface area contributed by atoms with Crippen LogP contribution in [0, 0.1) is 6.92 Å². The Morgan fingerprint density at radius 2 is 1.88 bits per heavy atom. The maximum Gasteiger partial charge on any atom is 0.167 e. The highest BCUT2D eigenvalue weighted by Gasteiger charge is 2.27. The van der Waals surface area contributed by atoms with Gasteiger partial charge in [0.15, 0.2) is 5.78 Å². The summed E-state index contributed by atoms with van der Waals surface area (Å²) in [6.07, 6.45) is 2.55. The Bertz CT molecular complexity index is 564. The Morgan fingerprint density at radius 3 is 2.65 bits per heavy atom. The summed E-state index contributed by atoms with van der Waals surface area (Å²) in [6.45, 7) is 1.95. The molecule has 2 nitrogen and oxygen atoms in total. The van der Waals surface area contributed by atoms with E-state index in [1.54, 1.807) is 0 Å². The summed E-state index contributed by atoms with van der Waals surface area (Å²) in [5, 5.41) is 0. The minimum absolute atomic E-state index is 0.224. The lowest BCUT2D eigenvalue weighted by molar-refractivity contribution is 0.0973. The third-order valence-corrected chi connectivity index (χ3v) is 3.35. The second-order valence-corrected chi connectivity index (χ2v) is 4.48. The number of aryl methyl sites for hydroxylation is 1. The van der Waals surface area contributed by atoms with Gasteiger partial charge in [0.25, 0.3) is 0 Å². The number of benzene rings is 1. The molecule has 3 rings (SSSR count). The zero-order valence-corrected chi connectivity index (χ0v) is 9.82. The molecule has 0 unspecified atom stereocenters. The average Bonchev–Trinajstić information content (AvgIpc) is 2.70. The van der Waals surface area contributed by atoms with Crippen molar-refractivity contribution in [3.8, 4) is 11.3 Å². The van der Waals surface area contributed by atoms with Crippen LogP contribution < -0.4 is 0 Å². The number of Topliss-reactive ketones (excluding diaryl/α,β-unsaturated/α-hetero) is 1. The normalized spacial score (nSPS) is 14.8. The fraction of sp³-hybridized carbons (Fsp3) is 0.267. The van der Waals surface area contributed by atoms with Crippen LogP contribution in [0.5, 0.6) is 0 Å². The molecule has 2 heteroatoms. The molecular formula is C15H14O2. The lowest BCUT2D eigenvalue weighted by Crippen LogP contribution is -2.09. The molecule has 86 valence electrons. The minimum Gasteiger partial charge on any atom is -0.460 e. The molecule has 0 saturated heterocycles. The Hall–Kier alpha value is -1.83. The minimum atomic E-state index is 0.224. The van der Waals surface area contributed by atoms with Crippen LogP contribution in [0.3, 0.4) is 0 Å². The molecule has 1 aromatic carbocycles. The number of furan rings is 1. The predicted molar refractivity (Wildman–Crippen MR) is 66.1 cm³/mol. The molecule has 0 amide bonds. The second-order valence-electron chi connectivity index (χ2n) is 4.48. The van der Waals surface area contributed by atoms with E-state index in [0.717, 1.165) is 41.1 Å². The number of carbonyl (C=O) groups excluding carboxylic acids is 1. The third kappa shape index (κ3) is 1.60. The van der Waals surface area contributed by atoms with E-state index in [9.17, 15) is 4.79 Å². The maximum atomic E-state index is 12.0. The van der Waals surface area contributed by atoms with Crippen LogP contribution in [0.25, 0.3) is 11.3 Å². The summed E-state index contributed by atoms with van der Waals surface area (Å²) in [5.74, 6) is 1.87. The van der Waals surface area contributed by atoms with Crippen LogP contribution in [0.1, 0.15) is 34.5 Å². The van der Waals surface area contributed by atoms with Crippen molar-refractivity contribution in [3.63, 3.8) is 0 Å². The molecule has 1 aliphatic carbocycles. The second kappa shape index (κ2) is 3.88. The molecule has 0 spiro atoms. The first kappa shape index (κ1) is 10.3. The molecular weight excluding hydrogens is 212 g/mol. The van der Waals surface area contributed by atoms with Crippen LogP contribution in [0.2, 0.25) is 0 Å². The van der Waals surface area contributed by atoms with E-state index >= 15 is 0 Å². The summed E-state index contributed by atoms with van der Waals surface area (Å²) in [5.41, 5.74) is 2.92. The standard InChI is InChI=1S/C15H14O2/c1-10-12-8-5-9-13(16)14(12)15(17-10)11-6-3-2-4-7-11/h2-4,6-7H,5,8-9H2,1H3. The van der Waals surface area contributed by atoms with Crippen molar-refractivity contribution in [2.24, 2.45) is 0 Å². The van der Waals surface area contributed by atoms with Gasteiger partial charge >= 0.3 is 0 Å². The van der Waals surface area contributed by atoms with Crippen molar-refractivity contribution in [2.45, 2.75) is 26.2 Å². The zero-order valence-electron chi connectivity index (χ0n) is 9.82. The van der Waals surface area contributed by atoms with Gasteiger partial charge < -0.3 is 4.42 Å². The monoisotopic (exact) mass is 226 g/mol. The predicted octanol–water partition coefficient (Wildman–Crippen LogP) is 3.77. The van der Waals surface area contributed by atoms with Crippen molar-refractivity contribution >= 4 is 5.78 Å². The number of hydrogen-bond donors (Lipinski definition) is 0. The van der Waals surface area contributed by atoms with Crippen molar-refractivity contribution in [1.82, 2.24) is 0 Å². The summed E-state index contributed by atoms with van der Waals surface area (Å²) < 4.78 is 5.80. The molecule has 0 saturated carbocycles. The average molecular weight is 226 g/mol. The lowest BCUT2D eigenvalue weighted by atomic mass is 9.90. The Balaban J connectivity index is 2.22. The number of fused-ring (bicyclic) bond motifs is 1. The van der Waals surface area contributed by atoms with Gasteiger partial charge in [0, 0.05) is 17.5 Å². The fourth-order valence-corrected chi connectivity index (χ4v) is 2.52. The third-order valence-electron chi connectivity index (χ3n) is 3.35. The van der Waals surface area contributed by atoms with E-state index in [1.807, 2.05) is 37.3 Å². The van der Waals surface area contributed by atoms with E-state index in [1.165, 1.54) is 0 Å². The van der Waals surface area contributed by atoms with E-state index in [4.69, 9.17) is 4.42 Å². The van der Waals surface area contributed by atoms with Gasteiger partial charge in [-0.15, -0.1) is 0 Å². The first-order valence-corrected chi connectivity index (χ1v) is 5.98. The fourth-order valence-electron chi connectivity index (χ4n) is 2.52. The van der Waals surface area contributed by atoms with E-state index in [2.05, 4.69) is 0 Å². The molecule has 0 aliphatic heterocycles. The van der Waals surface area contributed by atoms with Crippen LogP contribution >= 0.6 is 0 Å². The van der Waals surface area contributed by atoms with Crippen LogP contribution in [0.15, 0.2) is 34.7 Å². The molecule has 1 aliphatic rings. The van der Waals surface area contributed by atoms with E-state index in [0.29, 0.717) is 6.42 Å². The van der Waals surface area contributed by atoms with E-state index < -0.39 is 0 Å². The first-order valence-electron chi connectivity index (χ1n) is 5.98. The number of ketones is 1. The Labute approximate surface area is 100 Å². The summed E-state index contributed by atoms with van der Waals surface area (Å²) in [6, 6.07) is 9.87. The number of hydrogen-bond acceptors (Lipinski definition) is 2. The van der Waals surface area contributed by atoms with Crippen molar-refractivity contribution in [2.75, 3.05) is 0 Å². The molecule has 0 bridgehead atoms. The summed E-state index contributed by atoms with van der Waals surface area (Å²) >= 11 is 0. The lowest BCUT2D eigenvalue weighted by Gasteiger charge is -2.10. The molecule has 1 aromatic heterocycles. The quantitative estimate of drug-likeness (QED) is 0.740. The topological polar surface area (TPSA) is 30.2 Å². The number of carbonyl (C=O) groups is 1. The molecule has 0 N–H and O–H groups in total. The van der Waals surface area contributed by atoms with Gasteiger partial charge in [0.2, 0.25) is 0 Å². The Kier molecular flexibility index (Phi) is 2.36. The van der Waals surface area contributed by atoms with Gasteiger partial charge in [-0.3, -0.25) is 4.79 Å². The van der Waals surface area contributed by atoms with Crippen molar-refractivity contribution in [3.05, 3.63) is 47.2 Å². The van der Waals surface area contributed by atoms with Crippen LogP contribution in [-0.4, -0.2) is 5.78 Å². The molecule has 0 radical (unpaired) electrons. The Morgan fingerprint density at radius 1 is 1.12 bits per heavy atom. The highest BCUT2D eigenvalue weighted by atomic mass is 16.3. The highest BCUT2D eigenvalue weighted by Crippen LogP contribution is 2.35. The molecule has 17 heavy (non-hydrogen) atoms. The van der Waals surface area contributed by atoms with Gasteiger partial charge in [-0.25, -0.2) is 0 Å².